The molecule has 0 aliphatic heterocycles. The standard InChI is InChI=1S/C18H15NO12S2.K.H/c20-16(31-18(22)12-3-7-14(8-4-12)33(27,28)29)10-9-15(19-23)30-17(21)11-1-5-13(6-2-11)32(24,25)26;;/h1-8,23H,9-10H2,(H,24,25,26)(H,27,28,29);;/b19-15-;;. The molecule has 2 aromatic carbocycles. The van der Waals surface area contributed by atoms with Gasteiger partial charge in [0.25, 0.3) is 20.2 Å². The van der Waals surface area contributed by atoms with Crippen molar-refractivity contribution in [2.24, 2.45) is 5.16 Å². The SMILES string of the molecule is O=C(CC/C(=N/O)OC(=O)c1ccc(S(=O)(=O)O)cc1)OC(=O)c1ccc(S(=O)(=O)O)cc1.[KH]. The summed E-state index contributed by atoms with van der Waals surface area (Å²) < 4.78 is 71.0. The summed E-state index contributed by atoms with van der Waals surface area (Å²) in [4.78, 5) is 34.8. The molecular formula is C18H16KNO12S2. The summed E-state index contributed by atoms with van der Waals surface area (Å²) in [7, 11) is -8.93. The van der Waals surface area contributed by atoms with Crippen LogP contribution >= 0.6 is 0 Å². The molecule has 0 bridgehead atoms. The zero-order valence-corrected chi connectivity index (χ0v) is 17.9. The van der Waals surface area contributed by atoms with E-state index in [4.69, 9.17) is 19.0 Å². The Labute approximate surface area is 235 Å². The van der Waals surface area contributed by atoms with Crippen LogP contribution in [0.1, 0.15) is 33.6 Å². The van der Waals surface area contributed by atoms with Gasteiger partial charge in [0.15, 0.2) is 0 Å². The minimum atomic E-state index is -4.46. The van der Waals surface area contributed by atoms with Crippen LogP contribution in [0.15, 0.2) is 63.5 Å². The van der Waals surface area contributed by atoms with E-state index in [1.54, 1.807) is 0 Å². The number of oxime groups is 1. The van der Waals surface area contributed by atoms with Gasteiger partial charge in [0, 0.05) is 6.42 Å². The van der Waals surface area contributed by atoms with Crippen LogP contribution in [-0.4, -0.2) is 106 Å². The van der Waals surface area contributed by atoms with E-state index >= 15 is 0 Å². The molecule has 0 aromatic heterocycles. The van der Waals surface area contributed by atoms with Gasteiger partial charge < -0.3 is 14.7 Å². The average molecular weight is 542 g/mol. The predicted octanol–water partition coefficient (Wildman–Crippen LogP) is 0.640. The fourth-order valence-electron chi connectivity index (χ4n) is 2.24. The molecule has 0 aliphatic carbocycles. The Balaban J connectivity index is 0.00000578. The third kappa shape index (κ3) is 8.97. The minimum absolute atomic E-state index is 0. The van der Waals surface area contributed by atoms with Crippen LogP contribution < -0.4 is 0 Å². The third-order valence-electron chi connectivity index (χ3n) is 3.85. The van der Waals surface area contributed by atoms with Crippen molar-refractivity contribution >= 4 is 95.4 Å². The maximum atomic E-state index is 12.0. The van der Waals surface area contributed by atoms with Gasteiger partial charge in [0.05, 0.1) is 27.3 Å². The van der Waals surface area contributed by atoms with Gasteiger partial charge in [-0.2, -0.15) is 16.8 Å². The summed E-state index contributed by atoms with van der Waals surface area (Å²) in [6.07, 6.45) is -1.01. The molecular weight excluding hydrogens is 525 g/mol. The van der Waals surface area contributed by atoms with Crippen molar-refractivity contribution in [2.45, 2.75) is 22.6 Å². The number of nitrogens with zero attached hydrogens (tertiary/aromatic N) is 1. The molecule has 34 heavy (non-hydrogen) atoms. The fourth-order valence-corrected chi connectivity index (χ4v) is 3.20. The molecule has 13 nitrogen and oxygen atoms in total. The molecule has 2 rings (SSSR count). The first-order chi connectivity index (χ1) is 15.3. The molecule has 0 amide bonds. The van der Waals surface area contributed by atoms with Gasteiger partial charge in [-0.15, -0.1) is 0 Å². The Morgan fingerprint density at radius 1 is 0.706 bits per heavy atom. The fraction of sp³-hybridized carbons (Fsp3) is 0.111. The second kappa shape index (κ2) is 12.6. The third-order valence-corrected chi connectivity index (χ3v) is 5.58. The van der Waals surface area contributed by atoms with Crippen molar-refractivity contribution in [2.75, 3.05) is 0 Å². The van der Waals surface area contributed by atoms with Gasteiger partial charge in [-0.3, -0.25) is 13.9 Å². The maximum absolute atomic E-state index is 12.0. The molecule has 0 spiro atoms. The van der Waals surface area contributed by atoms with E-state index in [2.05, 4.69) is 9.89 Å². The van der Waals surface area contributed by atoms with Crippen molar-refractivity contribution in [3.63, 3.8) is 0 Å². The van der Waals surface area contributed by atoms with E-state index in [1.165, 1.54) is 0 Å². The number of hydrogen-bond acceptors (Lipinski definition) is 11. The molecule has 3 N–H and O–H groups in total. The van der Waals surface area contributed by atoms with Gasteiger partial charge in [-0.1, -0.05) is 5.16 Å². The quantitative estimate of drug-likeness (QED) is 0.0644. The Kier molecular flexibility index (Phi) is 11.1. The zero-order chi connectivity index (χ0) is 24.8. The number of rotatable bonds is 7. The molecule has 178 valence electrons. The van der Waals surface area contributed by atoms with E-state index in [-0.39, 0.29) is 62.5 Å². The second-order valence-corrected chi connectivity index (χ2v) is 8.99. The molecule has 2 aromatic rings. The first-order valence-electron chi connectivity index (χ1n) is 8.64. The van der Waals surface area contributed by atoms with Crippen LogP contribution in [-0.2, 0) is 34.5 Å². The van der Waals surface area contributed by atoms with Crippen LogP contribution in [0.4, 0.5) is 0 Å². The van der Waals surface area contributed by atoms with Crippen molar-refractivity contribution in [3.05, 3.63) is 59.7 Å². The van der Waals surface area contributed by atoms with E-state index in [9.17, 15) is 31.2 Å². The van der Waals surface area contributed by atoms with Crippen LogP contribution in [0.5, 0.6) is 0 Å². The summed E-state index contributed by atoms with van der Waals surface area (Å²) in [6, 6.07) is 7.80. The van der Waals surface area contributed by atoms with Crippen molar-refractivity contribution < 1.29 is 55.0 Å². The molecule has 0 radical (unpaired) electrons. The molecule has 0 heterocycles. The number of esters is 3. The van der Waals surface area contributed by atoms with Crippen molar-refractivity contribution in [1.29, 1.82) is 0 Å². The van der Waals surface area contributed by atoms with Crippen LogP contribution in [0.3, 0.4) is 0 Å². The molecule has 0 atom stereocenters. The van der Waals surface area contributed by atoms with Gasteiger partial charge in [0.1, 0.15) is 0 Å². The number of benzene rings is 2. The van der Waals surface area contributed by atoms with E-state index in [1.807, 2.05) is 0 Å². The van der Waals surface area contributed by atoms with Gasteiger partial charge in [0.2, 0.25) is 5.90 Å². The Bertz CT molecular complexity index is 1300. The average Bonchev–Trinajstić information content (AvgIpc) is 2.75. The van der Waals surface area contributed by atoms with Gasteiger partial charge >= 0.3 is 69.3 Å². The van der Waals surface area contributed by atoms with Gasteiger partial charge in [-0.25, -0.2) is 9.59 Å². The number of hydrogen-bond donors (Lipinski definition) is 3. The van der Waals surface area contributed by atoms with Crippen LogP contribution in [0.2, 0.25) is 0 Å². The molecule has 16 heteroatoms. The normalized spacial score (nSPS) is 11.8. The first kappa shape index (κ1) is 30.0. The first-order valence-corrected chi connectivity index (χ1v) is 11.5. The van der Waals surface area contributed by atoms with Gasteiger partial charge in [-0.05, 0) is 48.5 Å². The van der Waals surface area contributed by atoms with E-state index < -0.39 is 66.7 Å². The van der Waals surface area contributed by atoms with Crippen molar-refractivity contribution in [1.82, 2.24) is 0 Å². The van der Waals surface area contributed by atoms with Crippen molar-refractivity contribution in [3.8, 4) is 0 Å². The second-order valence-electron chi connectivity index (χ2n) is 6.14. The molecule has 0 saturated heterocycles. The Morgan fingerprint density at radius 3 is 1.44 bits per heavy atom. The summed E-state index contributed by atoms with van der Waals surface area (Å²) in [5.41, 5.74) is -0.346. The summed E-state index contributed by atoms with van der Waals surface area (Å²) >= 11 is 0. The van der Waals surface area contributed by atoms with E-state index in [0.29, 0.717) is 0 Å². The molecule has 0 aliphatic rings. The van der Waals surface area contributed by atoms with E-state index in [0.717, 1.165) is 48.5 Å². The zero-order valence-electron chi connectivity index (χ0n) is 16.3. The number of carbonyl (C=O) groups is 3. The number of carbonyl (C=O) groups excluding carboxylic acids is 3. The number of ether oxygens (including phenoxy) is 2. The molecule has 0 fully saturated rings. The Hall–Kier alpha value is -2.02. The summed E-state index contributed by atoms with van der Waals surface area (Å²) in [6.45, 7) is 0. The Morgan fingerprint density at radius 2 is 1.09 bits per heavy atom. The predicted molar refractivity (Wildman–Crippen MR) is 114 cm³/mol. The summed E-state index contributed by atoms with van der Waals surface area (Å²) in [5.74, 6) is -3.89. The molecule has 0 unspecified atom stereocenters. The van der Waals surface area contributed by atoms with Crippen LogP contribution in [0.25, 0.3) is 0 Å². The monoisotopic (exact) mass is 541 g/mol. The topological polar surface area (TPSA) is 211 Å². The molecule has 0 saturated carbocycles. The summed E-state index contributed by atoms with van der Waals surface area (Å²) in [5, 5.41) is 11.7. The van der Waals surface area contributed by atoms with Crippen LogP contribution in [0, 0.1) is 0 Å².